The molecule has 94 valence electrons. The molecule has 0 aromatic rings. The van der Waals surface area contributed by atoms with Gasteiger partial charge in [-0.25, -0.2) is 4.79 Å². The first-order valence-electron chi connectivity index (χ1n) is 5.96. The van der Waals surface area contributed by atoms with Gasteiger partial charge in [0.05, 0.1) is 0 Å². The zero-order chi connectivity index (χ0) is 12.6. The molecule has 0 aromatic heterocycles. The van der Waals surface area contributed by atoms with Crippen molar-refractivity contribution in [2.75, 3.05) is 7.11 Å². The number of rotatable bonds is 4. The van der Waals surface area contributed by atoms with Crippen LogP contribution in [0.5, 0.6) is 0 Å². The molecule has 0 radical (unpaired) electrons. The van der Waals surface area contributed by atoms with Gasteiger partial charge >= 0.3 is 5.97 Å². The Morgan fingerprint density at radius 3 is 2.38 bits per heavy atom. The smallest absolute Gasteiger partial charge is 0.333 e. The topological polar surface area (TPSA) is 46.5 Å². The van der Waals surface area contributed by atoms with Crippen LogP contribution in [0.4, 0.5) is 0 Å². The van der Waals surface area contributed by atoms with Gasteiger partial charge in [0.15, 0.2) is 6.10 Å². The molecule has 1 fully saturated rings. The monoisotopic (exact) mass is 228 g/mol. The van der Waals surface area contributed by atoms with Gasteiger partial charge in [-0.3, -0.25) is 0 Å². The summed E-state index contributed by atoms with van der Waals surface area (Å²) in [5, 5.41) is 9.17. The Kier molecular flexibility index (Phi) is 3.68. The summed E-state index contributed by atoms with van der Waals surface area (Å²) in [4.78, 5) is 11.2. The van der Waals surface area contributed by atoms with E-state index in [0.717, 1.165) is 12.8 Å². The first-order chi connectivity index (χ1) is 7.20. The van der Waals surface area contributed by atoms with Gasteiger partial charge in [-0.1, -0.05) is 27.7 Å². The largest absolute Gasteiger partial charge is 0.479 e. The molecule has 0 amide bonds. The van der Waals surface area contributed by atoms with Gasteiger partial charge in [0.25, 0.3) is 0 Å². The Balaban J connectivity index is 2.81. The SMILES string of the molecule is COC(C(=O)O)C(C)(C)C1CCC(C)(C)C1. The third-order valence-electron chi connectivity index (χ3n) is 4.16. The lowest BCUT2D eigenvalue weighted by Gasteiger charge is -2.36. The summed E-state index contributed by atoms with van der Waals surface area (Å²) in [7, 11) is 1.49. The summed E-state index contributed by atoms with van der Waals surface area (Å²) in [5.41, 5.74) is 0.0487. The van der Waals surface area contributed by atoms with Crippen LogP contribution in [-0.2, 0) is 9.53 Å². The maximum absolute atomic E-state index is 11.2. The van der Waals surface area contributed by atoms with Gasteiger partial charge in [-0.15, -0.1) is 0 Å². The Morgan fingerprint density at radius 1 is 1.50 bits per heavy atom. The molecule has 1 rings (SSSR count). The van der Waals surface area contributed by atoms with Crippen LogP contribution >= 0.6 is 0 Å². The summed E-state index contributed by atoms with van der Waals surface area (Å²) < 4.78 is 5.16. The number of carboxylic acid groups (broad SMARTS) is 1. The van der Waals surface area contributed by atoms with Crippen molar-refractivity contribution in [2.24, 2.45) is 16.7 Å². The molecule has 0 heterocycles. The summed E-state index contributed by atoms with van der Waals surface area (Å²) in [6.07, 6.45) is 2.67. The highest BCUT2D eigenvalue weighted by Gasteiger charge is 2.46. The zero-order valence-corrected chi connectivity index (χ0v) is 11.0. The second kappa shape index (κ2) is 4.36. The molecule has 2 unspecified atom stereocenters. The van der Waals surface area contributed by atoms with Gasteiger partial charge in [-0.05, 0) is 30.6 Å². The van der Waals surface area contributed by atoms with Crippen LogP contribution in [0.15, 0.2) is 0 Å². The fourth-order valence-electron chi connectivity index (χ4n) is 3.01. The van der Waals surface area contributed by atoms with E-state index in [4.69, 9.17) is 4.74 Å². The van der Waals surface area contributed by atoms with Crippen LogP contribution in [0.2, 0.25) is 0 Å². The lowest BCUT2D eigenvalue weighted by molar-refractivity contribution is -0.159. The summed E-state index contributed by atoms with van der Waals surface area (Å²) in [6, 6.07) is 0. The van der Waals surface area contributed by atoms with Crippen molar-refractivity contribution < 1.29 is 14.6 Å². The van der Waals surface area contributed by atoms with E-state index in [1.807, 2.05) is 13.8 Å². The molecule has 1 aliphatic carbocycles. The molecule has 0 saturated heterocycles. The molecular weight excluding hydrogens is 204 g/mol. The molecule has 3 heteroatoms. The average Bonchev–Trinajstić information content (AvgIpc) is 2.46. The molecule has 0 aromatic carbocycles. The Bertz CT molecular complexity index is 268. The van der Waals surface area contributed by atoms with E-state index >= 15 is 0 Å². The van der Waals surface area contributed by atoms with Crippen molar-refractivity contribution in [2.45, 2.75) is 53.1 Å². The molecule has 1 aliphatic rings. The fourth-order valence-corrected chi connectivity index (χ4v) is 3.01. The summed E-state index contributed by atoms with van der Waals surface area (Å²) in [6.45, 7) is 8.54. The number of aliphatic carboxylic acids is 1. The third kappa shape index (κ3) is 2.57. The standard InChI is InChI=1S/C13H24O3/c1-12(2)7-6-9(8-12)13(3,4)10(16-5)11(14)15/h9-10H,6-8H2,1-5H3,(H,14,15). The maximum Gasteiger partial charge on any atom is 0.333 e. The minimum Gasteiger partial charge on any atom is -0.479 e. The minimum absolute atomic E-state index is 0.297. The van der Waals surface area contributed by atoms with Gasteiger partial charge in [0.2, 0.25) is 0 Å². The van der Waals surface area contributed by atoms with Crippen LogP contribution in [0.3, 0.4) is 0 Å². The average molecular weight is 228 g/mol. The molecule has 0 bridgehead atoms. The van der Waals surface area contributed by atoms with Crippen LogP contribution in [0.1, 0.15) is 47.0 Å². The summed E-state index contributed by atoms with van der Waals surface area (Å²) >= 11 is 0. The molecule has 2 atom stereocenters. The first-order valence-corrected chi connectivity index (χ1v) is 5.96. The Morgan fingerprint density at radius 2 is 2.06 bits per heavy atom. The number of ether oxygens (including phenoxy) is 1. The van der Waals surface area contributed by atoms with E-state index in [9.17, 15) is 9.90 Å². The summed E-state index contributed by atoms with van der Waals surface area (Å²) in [5.74, 6) is -0.416. The molecule has 1 N–H and O–H groups in total. The predicted octanol–water partition coefficient (Wildman–Crippen LogP) is 2.94. The highest BCUT2D eigenvalue weighted by molar-refractivity contribution is 5.73. The lowest BCUT2D eigenvalue weighted by atomic mass is 9.72. The molecule has 0 spiro atoms. The van der Waals surface area contributed by atoms with Crippen LogP contribution in [0, 0.1) is 16.7 Å². The van der Waals surface area contributed by atoms with E-state index in [2.05, 4.69) is 13.8 Å². The van der Waals surface area contributed by atoms with Crippen molar-refractivity contribution in [1.29, 1.82) is 0 Å². The second-order valence-electron chi connectivity index (χ2n) is 6.38. The van der Waals surface area contributed by atoms with Crippen molar-refractivity contribution >= 4 is 5.97 Å². The molecule has 3 nitrogen and oxygen atoms in total. The number of carbonyl (C=O) groups is 1. The fraction of sp³-hybridized carbons (Fsp3) is 0.923. The second-order valence-corrected chi connectivity index (χ2v) is 6.38. The van der Waals surface area contributed by atoms with Gasteiger partial charge in [0, 0.05) is 12.5 Å². The maximum atomic E-state index is 11.2. The quantitative estimate of drug-likeness (QED) is 0.804. The van der Waals surface area contributed by atoms with E-state index < -0.39 is 12.1 Å². The van der Waals surface area contributed by atoms with Crippen molar-refractivity contribution in [3.63, 3.8) is 0 Å². The van der Waals surface area contributed by atoms with Crippen molar-refractivity contribution in [3.8, 4) is 0 Å². The lowest BCUT2D eigenvalue weighted by Crippen LogP contribution is -2.42. The van der Waals surface area contributed by atoms with E-state index in [0.29, 0.717) is 11.3 Å². The molecule has 16 heavy (non-hydrogen) atoms. The van der Waals surface area contributed by atoms with Crippen molar-refractivity contribution in [3.05, 3.63) is 0 Å². The minimum atomic E-state index is -0.850. The molecule has 1 saturated carbocycles. The highest BCUT2D eigenvalue weighted by Crippen LogP contribution is 2.50. The molecular formula is C13H24O3. The van der Waals surface area contributed by atoms with Gasteiger partial charge in [0.1, 0.15) is 0 Å². The van der Waals surface area contributed by atoms with Gasteiger partial charge in [-0.2, -0.15) is 0 Å². The molecule has 0 aliphatic heterocycles. The van der Waals surface area contributed by atoms with Crippen LogP contribution in [-0.4, -0.2) is 24.3 Å². The van der Waals surface area contributed by atoms with Gasteiger partial charge < -0.3 is 9.84 Å². The Hall–Kier alpha value is -0.570. The van der Waals surface area contributed by atoms with E-state index in [-0.39, 0.29) is 5.41 Å². The zero-order valence-electron chi connectivity index (χ0n) is 11.0. The normalized spacial score (nSPS) is 26.7. The van der Waals surface area contributed by atoms with E-state index in [1.165, 1.54) is 13.5 Å². The number of hydrogen-bond acceptors (Lipinski definition) is 2. The van der Waals surface area contributed by atoms with E-state index in [1.54, 1.807) is 0 Å². The number of carboxylic acids is 1. The Labute approximate surface area is 98.2 Å². The predicted molar refractivity (Wildman–Crippen MR) is 63.3 cm³/mol. The van der Waals surface area contributed by atoms with Crippen LogP contribution < -0.4 is 0 Å². The first kappa shape index (κ1) is 13.5. The third-order valence-corrected chi connectivity index (χ3v) is 4.16. The highest BCUT2D eigenvalue weighted by atomic mass is 16.5. The van der Waals surface area contributed by atoms with Crippen LogP contribution in [0.25, 0.3) is 0 Å². The number of hydrogen-bond donors (Lipinski definition) is 1. The number of methoxy groups -OCH3 is 1. The van der Waals surface area contributed by atoms with Crippen molar-refractivity contribution in [1.82, 2.24) is 0 Å².